The van der Waals surface area contributed by atoms with Gasteiger partial charge in [0, 0.05) is 49.5 Å². The minimum absolute atomic E-state index is 0.0122. The van der Waals surface area contributed by atoms with Crippen LogP contribution < -0.4 is 20.9 Å². The molecule has 1 spiro atoms. The van der Waals surface area contributed by atoms with Gasteiger partial charge in [-0.25, -0.2) is 4.79 Å². The van der Waals surface area contributed by atoms with E-state index < -0.39 is 11.8 Å². The normalized spacial score (nSPS) is 23.4. The van der Waals surface area contributed by atoms with E-state index in [2.05, 4.69) is 37.9 Å². The topological polar surface area (TPSA) is 115 Å². The van der Waals surface area contributed by atoms with Crippen molar-refractivity contribution in [2.24, 2.45) is 0 Å². The monoisotopic (exact) mass is 599 g/mol. The van der Waals surface area contributed by atoms with Gasteiger partial charge >= 0.3 is 6.03 Å². The zero-order chi connectivity index (χ0) is 30.5. The summed E-state index contributed by atoms with van der Waals surface area (Å²) in [6, 6.07) is 25.3. The number of ether oxygens (including phenoxy) is 2. The fourth-order valence-corrected chi connectivity index (χ4v) is 6.56. The molecular weight excluding hydrogens is 558 g/mol. The Morgan fingerprint density at radius 1 is 1.00 bits per heavy atom. The average Bonchev–Trinajstić information content (AvgIpc) is 3.37. The van der Waals surface area contributed by atoms with Crippen LogP contribution in [-0.4, -0.2) is 66.4 Å². The Balaban J connectivity index is 1.17. The third kappa shape index (κ3) is 6.44. The highest BCUT2D eigenvalue weighted by Crippen LogP contribution is 2.40. The number of carbonyl (C=O) groups is 2. The van der Waals surface area contributed by atoms with Gasteiger partial charge < -0.3 is 40.3 Å². The highest BCUT2D eigenvalue weighted by molar-refractivity contribution is 5.93. The maximum Gasteiger partial charge on any atom is 0.319 e. The molecule has 0 radical (unpaired) electrons. The Morgan fingerprint density at radius 2 is 1.77 bits per heavy atom. The molecule has 0 aliphatic carbocycles. The number of piperidine rings is 1. The second-order valence-corrected chi connectivity index (χ2v) is 11.7. The van der Waals surface area contributed by atoms with E-state index in [1.807, 2.05) is 73.7 Å². The van der Waals surface area contributed by atoms with Crippen LogP contribution in [-0.2, 0) is 20.9 Å². The van der Waals surface area contributed by atoms with Crippen LogP contribution in [0, 0.1) is 0 Å². The average molecular weight is 600 g/mol. The van der Waals surface area contributed by atoms with Crippen molar-refractivity contribution in [3.8, 4) is 0 Å². The molecule has 3 atom stereocenters. The fraction of sp³-hybridized carbons (Fsp3) is 0.412. The van der Waals surface area contributed by atoms with E-state index in [1.165, 1.54) is 0 Å². The second-order valence-electron chi connectivity index (χ2n) is 11.7. The van der Waals surface area contributed by atoms with E-state index in [-0.39, 0.29) is 30.8 Å². The summed E-state index contributed by atoms with van der Waals surface area (Å²) >= 11 is 0. The van der Waals surface area contributed by atoms with Crippen molar-refractivity contribution in [1.82, 2.24) is 15.5 Å². The molecule has 3 aliphatic rings. The largest absolute Gasteiger partial charge is 0.392 e. The molecule has 0 saturated carbocycles. The number of aliphatic hydroxyl groups excluding tert-OH is 1. The number of rotatable bonds is 8. The first-order valence-electron chi connectivity index (χ1n) is 15.5. The quantitative estimate of drug-likeness (QED) is 0.305. The van der Waals surface area contributed by atoms with E-state index in [9.17, 15) is 14.7 Å². The molecule has 10 nitrogen and oxygen atoms in total. The SMILES string of the molecule is CCNC(=O)Nc1cccc([C@H]2O[C@@H](CN3CCC4(CC3)C(=O)NCN4c3ccccc3)C[C@@H](c3ccc(CO)cc3)O2)c1. The Bertz CT molecular complexity index is 1430. The number of hydrogen-bond donors (Lipinski definition) is 4. The zero-order valence-corrected chi connectivity index (χ0v) is 25.1. The molecular formula is C34H41N5O5. The summed E-state index contributed by atoms with van der Waals surface area (Å²) in [7, 11) is 0. The van der Waals surface area contributed by atoms with E-state index in [0.717, 1.165) is 48.3 Å². The van der Waals surface area contributed by atoms with Gasteiger partial charge in [-0.1, -0.05) is 54.6 Å². The summed E-state index contributed by atoms with van der Waals surface area (Å²) in [6.07, 6.45) is 1.19. The van der Waals surface area contributed by atoms with Crippen LogP contribution in [0.25, 0.3) is 0 Å². The highest BCUT2D eigenvalue weighted by atomic mass is 16.7. The van der Waals surface area contributed by atoms with Crippen molar-refractivity contribution in [1.29, 1.82) is 0 Å². The molecule has 10 heteroatoms. The first kappa shape index (κ1) is 30.1. The Kier molecular flexibility index (Phi) is 9.13. The summed E-state index contributed by atoms with van der Waals surface area (Å²) in [6.45, 7) is 5.20. The van der Waals surface area contributed by atoms with Gasteiger partial charge in [0.05, 0.1) is 25.5 Å². The van der Waals surface area contributed by atoms with Crippen LogP contribution in [0.2, 0.25) is 0 Å². The number of anilines is 2. The molecule has 3 amide bonds. The summed E-state index contributed by atoms with van der Waals surface area (Å²) < 4.78 is 13.1. The molecule has 0 aromatic heterocycles. The van der Waals surface area contributed by atoms with Crippen LogP contribution in [0.5, 0.6) is 0 Å². The molecule has 3 saturated heterocycles. The molecule has 0 unspecified atom stereocenters. The number of carbonyl (C=O) groups excluding carboxylic acids is 2. The maximum absolute atomic E-state index is 13.1. The molecule has 0 bridgehead atoms. The predicted molar refractivity (Wildman–Crippen MR) is 168 cm³/mol. The lowest BCUT2D eigenvalue weighted by molar-refractivity contribution is -0.253. The van der Waals surface area contributed by atoms with E-state index >= 15 is 0 Å². The number of urea groups is 1. The number of para-hydroxylation sites is 1. The third-order valence-electron chi connectivity index (χ3n) is 8.92. The number of benzene rings is 3. The van der Waals surface area contributed by atoms with E-state index in [4.69, 9.17) is 9.47 Å². The van der Waals surface area contributed by atoms with Crippen molar-refractivity contribution < 1.29 is 24.2 Å². The smallest absolute Gasteiger partial charge is 0.319 e. The van der Waals surface area contributed by atoms with Crippen LogP contribution in [0.15, 0.2) is 78.9 Å². The molecule has 3 fully saturated rings. The first-order valence-corrected chi connectivity index (χ1v) is 15.5. The lowest BCUT2D eigenvalue weighted by atomic mass is 9.85. The van der Waals surface area contributed by atoms with Crippen LogP contribution in [0.3, 0.4) is 0 Å². The number of nitrogens with zero attached hydrogens (tertiary/aromatic N) is 2. The van der Waals surface area contributed by atoms with Crippen molar-refractivity contribution in [2.45, 2.75) is 56.8 Å². The van der Waals surface area contributed by atoms with Gasteiger partial charge in [0.2, 0.25) is 5.91 Å². The van der Waals surface area contributed by atoms with Gasteiger partial charge in [-0.05, 0) is 55.2 Å². The lowest BCUT2D eigenvalue weighted by Crippen LogP contribution is -2.57. The summed E-state index contributed by atoms with van der Waals surface area (Å²) in [5.41, 5.74) is 3.88. The van der Waals surface area contributed by atoms with Crippen molar-refractivity contribution >= 4 is 23.3 Å². The molecule has 4 N–H and O–H groups in total. The van der Waals surface area contributed by atoms with Gasteiger partial charge in [0.1, 0.15) is 5.54 Å². The van der Waals surface area contributed by atoms with Gasteiger partial charge in [0.25, 0.3) is 0 Å². The molecule has 3 heterocycles. The molecule has 3 aromatic carbocycles. The van der Waals surface area contributed by atoms with Crippen molar-refractivity contribution in [2.75, 3.05) is 43.1 Å². The Labute approximate surface area is 258 Å². The maximum atomic E-state index is 13.1. The molecule has 232 valence electrons. The number of likely N-dealkylation sites (tertiary alicyclic amines) is 1. The number of nitrogens with one attached hydrogen (secondary N) is 3. The molecule has 44 heavy (non-hydrogen) atoms. The van der Waals surface area contributed by atoms with E-state index in [0.29, 0.717) is 31.9 Å². The van der Waals surface area contributed by atoms with Gasteiger partial charge in [0.15, 0.2) is 6.29 Å². The second kappa shape index (κ2) is 13.4. The van der Waals surface area contributed by atoms with Gasteiger partial charge in [-0.2, -0.15) is 0 Å². The fourth-order valence-electron chi connectivity index (χ4n) is 6.56. The standard InChI is InChI=1S/C34H41N5O5/c1-2-35-33(42)37-27-8-6-7-26(19-27)31-43-29(20-30(44-31)25-13-11-24(22-40)12-14-25)21-38-17-15-34(16-18-38)32(41)36-23-39(34)28-9-4-3-5-10-28/h3-14,19,29-31,40H,2,15-18,20-23H2,1H3,(H,36,41)(H2,35,37,42)/t29-,30+,31+/m1/s1. The van der Waals surface area contributed by atoms with Crippen LogP contribution in [0.1, 0.15) is 55.3 Å². The minimum Gasteiger partial charge on any atom is -0.392 e. The van der Waals surface area contributed by atoms with E-state index in [1.54, 1.807) is 0 Å². The van der Waals surface area contributed by atoms with Crippen LogP contribution >= 0.6 is 0 Å². The molecule has 6 rings (SSSR count). The summed E-state index contributed by atoms with van der Waals surface area (Å²) in [5.74, 6) is 0.107. The van der Waals surface area contributed by atoms with Gasteiger partial charge in [-0.15, -0.1) is 0 Å². The molecule has 3 aliphatic heterocycles. The Morgan fingerprint density at radius 3 is 2.50 bits per heavy atom. The molecule has 3 aromatic rings. The van der Waals surface area contributed by atoms with Crippen LogP contribution in [0.4, 0.5) is 16.2 Å². The van der Waals surface area contributed by atoms with Gasteiger partial charge in [-0.3, -0.25) is 4.79 Å². The lowest BCUT2D eigenvalue weighted by Gasteiger charge is -2.45. The summed E-state index contributed by atoms with van der Waals surface area (Å²) in [4.78, 5) is 29.9. The minimum atomic E-state index is -0.627. The van der Waals surface area contributed by atoms with Crippen molar-refractivity contribution in [3.05, 3.63) is 95.6 Å². The zero-order valence-electron chi connectivity index (χ0n) is 25.1. The highest BCUT2D eigenvalue weighted by Gasteiger charge is 2.50. The number of aliphatic hydroxyl groups is 1. The van der Waals surface area contributed by atoms with Crippen molar-refractivity contribution in [3.63, 3.8) is 0 Å². The Hall–Kier alpha value is -3.96. The summed E-state index contributed by atoms with van der Waals surface area (Å²) in [5, 5.41) is 18.2. The third-order valence-corrected chi connectivity index (χ3v) is 8.92. The predicted octanol–water partition coefficient (Wildman–Crippen LogP) is 4.29. The number of amides is 3. The first-order chi connectivity index (χ1) is 21.5. The number of hydrogen-bond acceptors (Lipinski definition) is 7.